The number of ether oxygens (including phenoxy) is 1. The summed E-state index contributed by atoms with van der Waals surface area (Å²) in [6.07, 6.45) is 11.9. The van der Waals surface area contributed by atoms with E-state index in [-0.39, 0.29) is 24.1 Å². The molecule has 1 aromatic rings. The summed E-state index contributed by atoms with van der Waals surface area (Å²) in [4.78, 5) is 0. The molecular formula is C22H28BrFN2O. The van der Waals surface area contributed by atoms with Crippen molar-refractivity contribution in [3.63, 3.8) is 0 Å². The van der Waals surface area contributed by atoms with Gasteiger partial charge in [0, 0.05) is 40.5 Å². The highest BCUT2D eigenvalue weighted by Crippen LogP contribution is 2.49. The van der Waals surface area contributed by atoms with Crippen LogP contribution in [0.4, 0.5) is 10.1 Å². The molecule has 4 rings (SSSR count). The molecule has 3 nitrogen and oxygen atoms in total. The Morgan fingerprint density at radius 1 is 1.30 bits per heavy atom. The van der Waals surface area contributed by atoms with Crippen LogP contribution in [0, 0.1) is 17.7 Å². The average Bonchev–Trinajstić information content (AvgIpc) is 2.66. The third-order valence-corrected chi connectivity index (χ3v) is 6.40. The van der Waals surface area contributed by atoms with Gasteiger partial charge >= 0.3 is 0 Å². The monoisotopic (exact) mass is 434 g/mol. The fourth-order valence-electron chi connectivity index (χ4n) is 4.63. The SMILES string of the molecule is CC(C)NC[C@H]1CC[C@@H]2[C@H](O1)c1cc(Br)cc(F)c1N[C@H]2C1C=CC=CC1. The zero-order valence-electron chi connectivity index (χ0n) is 15.9. The molecule has 146 valence electrons. The largest absolute Gasteiger partial charge is 0.379 e. The number of hydrogen-bond acceptors (Lipinski definition) is 3. The van der Waals surface area contributed by atoms with Crippen LogP contribution in [-0.2, 0) is 4.74 Å². The predicted octanol–water partition coefficient (Wildman–Crippen LogP) is 5.35. The summed E-state index contributed by atoms with van der Waals surface area (Å²) in [5.41, 5.74) is 1.57. The van der Waals surface area contributed by atoms with Gasteiger partial charge in [0.2, 0.25) is 0 Å². The molecule has 1 saturated heterocycles. The van der Waals surface area contributed by atoms with Crippen molar-refractivity contribution in [2.24, 2.45) is 11.8 Å². The molecule has 3 aliphatic rings. The molecular weight excluding hydrogens is 407 g/mol. The number of rotatable bonds is 4. The summed E-state index contributed by atoms with van der Waals surface area (Å²) in [5, 5.41) is 7.04. The van der Waals surface area contributed by atoms with Gasteiger partial charge in [-0.3, -0.25) is 0 Å². The highest BCUT2D eigenvalue weighted by molar-refractivity contribution is 9.10. The Hall–Kier alpha value is -1.17. The van der Waals surface area contributed by atoms with Gasteiger partial charge in [-0.15, -0.1) is 0 Å². The van der Waals surface area contributed by atoms with Crippen LogP contribution in [0.5, 0.6) is 0 Å². The lowest BCUT2D eigenvalue weighted by atomic mass is 9.73. The van der Waals surface area contributed by atoms with Crippen molar-refractivity contribution in [3.8, 4) is 0 Å². The van der Waals surface area contributed by atoms with Gasteiger partial charge in [-0.05, 0) is 31.4 Å². The summed E-state index contributed by atoms with van der Waals surface area (Å²) in [5.74, 6) is 0.513. The summed E-state index contributed by atoms with van der Waals surface area (Å²) in [7, 11) is 0. The fraction of sp³-hybridized carbons (Fsp3) is 0.545. The van der Waals surface area contributed by atoms with Crippen LogP contribution in [0.3, 0.4) is 0 Å². The number of anilines is 1. The van der Waals surface area contributed by atoms with Crippen molar-refractivity contribution in [2.75, 3.05) is 11.9 Å². The van der Waals surface area contributed by atoms with Crippen molar-refractivity contribution >= 4 is 21.6 Å². The molecule has 2 N–H and O–H groups in total. The van der Waals surface area contributed by atoms with Crippen molar-refractivity contribution < 1.29 is 9.13 Å². The zero-order valence-corrected chi connectivity index (χ0v) is 17.5. The third-order valence-electron chi connectivity index (χ3n) is 5.94. The van der Waals surface area contributed by atoms with E-state index in [0.29, 0.717) is 23.6 Å². The first kappa shape index (κ1) is 19.2. The molecule has 0 amide bonds. The van der Waals surface area contributed by atoms with Gasteiger partial charge in [-0.1, -0.05) is 54.1 Å². The van der Waals surface area contributed by atoms with Gasteiger partial charge in [-0.25, -0.2) is 4.39 Å². The van der Waals surface area contributed by atoms with Crippen LogP contribution in [0.15, 0.2) is 40.9 Å². The van der Waals surface area contributed by atoms with Gasteiger partial charge in [0.15, 0.2) is 0 Å². The van der Waals surface area contributed by atoms with E-state index in [2.05, 4.69) is 64.7 Å². The molecule has 1 fully saturated rings. The fourth-order valence-corrected chi connectivity index (χ4v) is 5.08. The van der Waals surface area contributed by atoms with Crippen LogP contribution in [0.25, 0.3) is 0 Å². The second kappa shape index (κ2) is 8.06. The van der Waals surface area contributed by atoms with Gasteiger partial charge in [0.05, 0.1) is 17.9 Å². The lowest BCUT2D eigenvalue weighted by Gasteiger charge is -2.47. The molecule has 1 aromatic carbocycles. The van der Waals surface area contributed by atoms with E-state index in [4.69, 9.17) is 4.74 Å². The first-order valence-corrected chi connectivity index (χ1v) is 10.8. The Bertz CT molecular complexity index is 748. The summed E-state index contributed by atoms with van der Waals surface area (Å²) < 4.78 is 22.1. The Balaban J connectivity index is 1.64. The smallest absolute Gasteiger partial charge is 0.147 e. The molecule has 0 aromatic heterocycles. The maximum absolute atomic E-state index is 14.8. The molecule has 2 heterocycles. The number of nitrogens with one attached hydrogen (secondary N) is 2. The van der Waals surface area contributed by atoms with Crippen molar-refractivity contribution in [2.45, 2.75) is 57.4 Å². The standard InChI is InChI=1S/C22H28BrFN2O/c1-13(2)25-12-16-8-9-17-20(14-6-4-3-5-7-14)26-21-18(22(17)27-16)10-15(23)11-19(21)24/h3-6,10-11,13-14,16-17,20,22,25-26H,7-9,12H2,1-2H3/t14?,16-,17+,20+,22+/m1/s1. The number of benzene rings is 1. The molecule has 1 unspecified atom stereocenters. The number of allylic oxidation sites excluding steroid dienone is 3. The van der Waals surface area contributed by atoms with E-state index < -0.39 is 0 Å². The number of hydrogen-bond donors (Lipinski definition) is 2. The van der Waals surface area contributed by atoms with E-state index in [1.807, 2.05) is 6.07 Å². The first-order valence-electron chi connectivity index (χ1n) is 10.0. The zero-order chi connectivity index (χ0) is 19.0. The van der Waals surface area contributed by atoms with E-state index >= 15 is 0 Å². The van der Waals surface area contributed by atoms with Crippen molar-refractivity contribution in [1.29, 1.82) is 0 Å². The normalized spacial score (nSPS) is 32.1. The number of halogens is 2. The maximum atomic E-state index is 14.8. The minimum absolute atomic E-state index is 0.0646. The van der Waals surface area contributed by atoms with E-state index in [0.717, 1.165) is 35.8 Å². The van der Waals surface area contributed by atoms with Gasteiger partial charge < -0.3 is 15.4 Å². The van der Waals surface area contributed by atoms with Crippen LogP contribution in [-0.4, -0.2) is 24.7 Å². The molecule has 0 spiro atoms. The Morgan fingerprint density at radius 3 is 2.89 bits per heavy atom. The molecule has 0 saturated carbocycles. The van der Waals surface area contributed by atoms with Gasteiger partial charge in [-0.2, -0.15) is 0 Å². The summed E-state index contributed by atoms with van der Waals surface area (Å²) in [6, 6.07) is 4.19. The first-order chi connectivity index (χ1) is 13.0. The molecule has 0 radical (unpaired) electrons. The van der Waals surface area contributed by atoms with Crippen molar-refractivity contribution in [1.82, 2.24) is 5.32 Å². The molecule has 0 bridgehead atoms. The molecule has 5 atom stereocenters. The minimum atomic E-state index is -0.204. The second-order valence-electron chi connectivity index (χ2n) is 8.22. The topological polar surface area (TPSA) is 33.3 Å². The third kappa shape index (κ3) is 4.01. The average molecular weight is 435 g/mol. The van der Waals surface area contributed by atoms with Gasteiger partial charge in [0.1, 0.15) is 5.82 Å². The highest BCUT2D eigenvalue weighted by Gasteiger charge is 2.44. The second-order valence-corrected chi connectivity index (χ2v) is 9.13. The van der Waals surface area contributed by atoms with Crippen LogP contribution < -0.4 is 10.6 Å². The quantitative estimate of drug-likeness (QED) is 0.669. The van der Waals surface area contributed by atoms with Gasteiger partial charge in [0.25, 0.3) is 0 Å². The molecule has 2 aliphatic heterocycles. The van der Waals surface area contributed by atoms with E-state index in [9.17, 15) is 4.39 Å². The summed E-state index contributed by atoms with van der Waals surface area (Å²) >= 11 is 3.46. The molecule has 1 aliphatic carbocycles. The van der Waals surface area contributed by atoms with E-state index in [1.54, 1.807) is 6.07 Å². The van der Waals surface area contributed by atoms with E-state index in [1.165, 1.54) is 0 Å². The maximum Gasteiger partial charge on any atom is 0.147 e. The molecule has 5 heteroatoms. The molecule has 27 heavy (non-hydrogen) atoms. The lowest BCUT2D eigenvalue weighted by Crippen LogP contribution is -2.48. The van der Waals surface area contributed by atoms with Crippen LogP contribution in [0.2, 0.25) is 0 Å². The van der Waals surface area contributed by atoms with Crippen molar-refractivity contribution in [3.05, 3.63) is 52.3 Å². The lowest BCUT2D eigenvalue weighted by molar-refractivity contribution is -0.0945. The minimum Gasteiger partial charge on any atom is -0.379 e. The Labute approximate surface area is 169 Å². The Morgan fingerprint density at radius 2 is 2.15 bits per heavy atom. The predicted molar refractivity (Wildman–Crippen MR) is 111 cm³/mol. The summed E-state index contributed by atoms with van der Waals surface area (Å²) in [6.45, 7) is 5.14. The van der Waals surface area contributed by atoms with Crippen LogP contribution >= 0.6 is 15.9 Å². The Kier molecular flexibility index (Phi) is 5.72. The van der Waals surface area contributed by atoms with Crippen LogP contribution in [0.1, 0.15) is 44.8 Å². The highest BCUT2D eigenvalue weighted by atomic mass is 79.9. The number of fused-ring (bicyclic) bond motifs is 3.